The van der Waals surface area contributed by atoms with E-state index in [1.165, 1.54) is 0 Å². The van der Waals surface area contributed by atoms with Crippen LogP contribution in [0.25, 0.3) is 0 Å². The highest BCUT2D eigenvalue weighted by atomic mass is 19.4. The molecule has 4 heterocycles. The molecule has 0 aliphatic carbocycles. The van der Waals surface area contributed by atoms with E-state index in [0.717, 1.165) is 17.5 Å². The van der Waals surface area contributed by atoms with Crippen molar-refractivity contribution in [3.05, 3.63) is 11.8 Å². The average molecular weight is 400 g/mol. The van der Waals surface area contributed by atoms with Gasteiger partial charge >= 0.3 is 6.18 Å². The van der Waals surface area contributed by atoms with Crippen LogP contribution in [0.2, 0.25) is 0 Å². The average Bonchev–Trinajstić information content (AvgIpc) is 3.38. The first-order valence-corrected chi connectivity index (χ1v) is 10.1. The lowest BCUT2D eigenvalue weighted by molar-refractivity contribution is -0.174. The van der Waals surface area contributed by atoms with Gasteiger partial charge < -0.3 is 15.0 Å². The van der Waals surface area contributed by atoms with Crippen LogP contribution < -0.4 is 5.32 Å². The van der Waals surface area contributed by atoms with Crippen molar-refractivity contribution in [2.24, 2.45) is 5.92 Å². The number of anilines is 1. The molecular formula is C19H27F3N4O2. The molecule has 2 fully saturated rings. The Morgan fingerprint density at radius 2 is 2.11 bits per heavy atom. The normalized spacial score (nSPS) is 30.6. The Hall–Kier alpha value is -1.77. The van der Waals surface area contributed by atoms with Gasteiger partial charge in [-0.2, -0.15) is 18.3 Å². The van der Waals surface area contributed by atoms with Crippen LogP contribution in [0.5, 0.6) is 0 Å². The van der Waals surface area contributed by atoms with Crippen LogP contribution in [-0.4, -0.2) is 52.1 Å². The summed E-state index contributed by atoms with van der Waals surface area (Å²) in [7, 11) is 0. The fourth-order valence-electron chi connectivity index (χ4n) is 4.52. The molecule has 1 N–H and O–H groups in total. The largest absolute Gasteiger partial charge is 0.410 e. The van der Waals surface area contributed by atoms with Gasteiger partial charge in [0.05, 0.1) is 11.7 Å². The number of ether oxygens (including phenoxy) is 1. The van der Waals surface area contributed by atoms with Crippen molar-refractivity contribution in [1.82, 2.24) is 14.7 Å². The zero-order valence-corrected chi connectivity index (χ0v) is 16.2. The molecule has 1 amide bonds. The fraction of sp³-hybridized carbons (Fsp3) is 0.789. The summed E-state index contributed by atoms with van der Waals surface area (Å²) in [6.07, 6.45) is -1.75. The summed E-state index contributed by atoms with van der Waals surface area (Å²) in [6, 6.07) is -0.507. The standard InChI is InChI=1S/C19H27F3N4O2/c1-11(2)12-9-16(19(20,21)22)26-17(23-12)10-13(24-26)14-5-3-7-25(14)18(27)15-6-4-8-28-15/h10-12,14-16,23H,3-9H2,1-2H3/t12-,14+,15+,16+/m0/s1. The van der Waals surface area contributed by atoms with Gasteiger partial charge in [0, 0.05) is 25.3 Å². The first-order valence-electron chi connectivity index (χ1n) is 10.1. The first-order chi connectivity index (χ1) is 13.3. The Labute approximate surface area is 162 Å². The number of hydrogen-bond donors (Lipinski definition) is 1. The predicted molar refractivity (Wildman–Crippen MR) is 96.8 cm³/mol. The molecule has 0 bridgehead atoms. The van der Waals surface area contributed by atoms with Gasteiger partial charge in [0.25, 0.3) is 5.91 Å². The third-order valence-electron chi connectivity index (χ3n) is 6.13. The van der Waals surface area contributed by atoms with Gasteiger partial charge in [-0.3, -0.25) is 4.79 Å². The SMILES string of the molecule is CC(C)[C@@H]1C[C@H](C(F)(F)F)n2nc([C@H]3CCCN3C(=O)[C@H]3CCCO3)cc2N1. The van der Waals surface area contributed by atoms with Crippen LogP contribution in [0.1, 0.15) is 63.7 Å². The highest BCUT2D eigenvalue weighted by molar-refractivity contribution is 5.82. The molecule has 1 aromatic rings. The number of likely N-dealkylation sites (tertiary alicyclic amines) is 1. The molecular weight excluding hydrogens is 373 g/mol. The third-order valence-corrected chi connectivity index (χ3v) is 6.13. The third kappa shape index (κ3) is 3.49. The molecule has 6 nitrogen and oxygen atoms in total. The molecule has 0 unspecified atom stereocenters. The number of halogens is 3. The lowest BCUT2D eigenvalue weighted by atomic mass is 9.94. The minimum atomic E-state index is -4.36. The Morgan fingerprint density at radius 1 is 1.32 bits per heavy atom. The van der Waals surface area contributed by atoms with Crippen LogP contribution in [-0.2, 0) is 9.53 Å². The zero-order chi connectivity index (χ0) is 20.1. The number of fused-ring (bicyclic) bond motifs is 1. The Morgan fingerprint density at radius 3 is 2.75 bits per heavy atom. The summed E-state index contributed by atoms with van der Waals surface area (Å²) >= 11 is 0. The second-order valence-corrected chi connectivity index (χ2v) is 8.38. The molecule has 4 rings (SSSR count). The summed E-state index contributed by atoms with van der Waals surface area (Å²) in [4.78, 5) is 14.6. The summed E-state index contributed by atoms with van der Waals surface area (Å²) in [5.41, 5.74) is 0.532. The Bertz CT molecular complexity index is 727. The van der Waals surface area contributed by atoms with Crippen LogP contribution in [0.15, 0.2) is 6.07 Å². The van der Waals surface area contributed by atoms with Crippen LogP contribution in [0.3, 0.4) is 0 Å². The van der Waals surface area contributed by atoms with Crippen molar-refractivity contribution in [3.8, 4) is 0 Å². The molecule has 2 saturated heterocycles. The number of alkyl halides is 3. The van der Waals surface area contributed by atoms with Crippen molar-refractivity contribution in [2.45, 2.75) is 76.4 Å². The minimum absolute atomic E-state index is 0.0431. The predicted octanol–water partition coefficient (Wildman–Crippen LogP) is 3.67. The molecule has 9 heteroatoms. The van der Waals surface area contributed by atoms with Crippen molar-refractivity contribution in [3.63, 3.8) is 0 Å². The van der Waals surface area contributed by atoms with E-state index < -0.39 is 18.3 Å². The molecule has 0 aromatic carbocycles. The minimum Gasteiger partial charge on any atom is -0.368 e. The van der Waals surface area contributed by atoms with Gasteiger partial charge in [-0.1, -0.05) is 13.8 Å². The highest BCUT2D eigenvalue weighted by Gasteiger charge is 2.47. The maximum Gasteiger partial charge on any atom is 0.410 e. The van der Waals surface area contributed by atoms with Crippen LogP contribution in [0.4, 0.5) is 19.0 Å². The van der Waals surface area contributed by atoms with E-state index in [4.69, 9.17) is 4.74 Å². The van der Waals surface area contributed by atoms with Crippen LogP contribution >= 0.6 is 0 Å². The van der Waals surface area contributed by atoms with E-state index in [-0.39, 0.29) is 30.3 Å². The Balaban J connectivity index is 1.62. The molecule has 3 aliphatic rings. The second kappa shape index (κ2) is 7.24. The van der Waals surface area contributed by atoms with E-state index in [0.29, 0.717) is 37.5 Å². The lowest BCUT2D eigenvalue weighted by Gasteiger charge is -2.35. The van der Waals surface area contributed by atoms with Crippen molar-refractivity contribution >= 4 is 11.7 Å². The number of nitrogens with zero attached hydrogens (tertiary/aromatic N) is 3. The number of rotatable bonds is 3. The van der Waals surface area contributed by atoms with Crippen molar-refractivity contribution < 1.29 is 22.7 Å². The molecule has 3 aliphatic heterocycles. The van der Waals surface area contributed by atoms with Crippen molar-refractivity contribution in [1.29, 1.82) is 0 Å². The maximum atomic E-state index is 13.7. The van der Waals surface area contributed by atoms with Gasteiger partial charge in [-0.25, -0.2) is 4.68 Å². The second-order valence-electron chi connectivity index (χ2n) is 8.38. The molecule has 0 spiro atoms. The van der Waals surface area contributed by atoms with Gasteiger partial charge in [0.1, 0.15) is 11.9 Å². The van der Waals surface area contributed by atoms with Gasteiger partial charge in [-0.15, -0.1) is 0 Å². The molecule has 156 valence electrons. The van der Waals surface area contributed by atoms with E-state index in [2.05, 4.69) is 10.4 Å². The molecule has 0 radical (unpaired) electrons. The molecule has 0 saturated carbocycles. The molecule has 28 heavy (non-hydrogen) atoms. The quantitative estimate of drug-likeness (QED) is 0.841. The number of aromatic nitrogens is 2. The molecule has 1 aromatic heterocycles. The fourth-order valence-corrected chi connectivity index (χ4v) is 4.52. The highest BCUT2D eigenvalue weighted by Crippen LogP contribution is 2.42. The van der Waals surface area contributed by atoms with E-state index in [1.807, 2.05) is 13.8 Å². The summed E-state index contributed by atoms with van der Waals surface area (Å²) in [6.45, 7) is 5.01. The summed E-state index contributed by atoms with van der Waals surface area (Å²) < 4.78 is 47.6. The summed E-state index contributed by atoms with van der Waals surface area (Å²) in [5, 5.41) is 7.55. The lowest BCUT2D eigenvalue weighted by Crippen LogP contribution is -2.41. The number of amides is 1. The van der Waals surface area contributed by atoms with E-state index in [1.54, 1.807) is 11.0 Å². The topological polar surface area (TPSA) is 59.4 Å². The Kier molecular flexibility index (Phi) is 5.05. The summed E-state index contributed by atoms with van der Waals surface area (Å²) in [5.74, 6) is 0.395. The van der Waals surface area contributed by atoms with Gasteiger partial charge in [0.2, 0.25) is 0 Å². The first kappa shape index (κ1) is 19.5. The van der Waals surface area contributed by atoms with E-state index in [9.17, 15) is 18.0 Å². The number of carbonyl (C=O) groups is 1. The van der Waals surface area contributed by atoms with Crippen molar-refractivity contribution in [2.75, 3.05) is 18.5 Å². The maximum absolute atomic E-state index is 13.7. The molecule has 4 atom stereocenters. The number of carbonyl (C=O) groups excluding carboxylic acids is 1. The number of hydrogen-bond acceptors (Lipinski definition) is 4. The van der Waals surface area contributed by atoms with E-state index >= 15 is 0 Å². The monoisotopic (exact) mass is 400 g/mol. The van der Waals surface area contributed by atoms with Gasteiger partial charge in [0.15, 0.2) is 6.04 Å². The van der Waals surface area contributed by atoms with Crippen LogP contribution in [0, 0.1) is 5.92 Å². The zero-order valence-electron chi connectivity index (χ0n) is 16.2. The number of nitrogens with one attached hydrogen (secondary N) is 1. The van der Waals surface area contributed by atoms with Gasteiger partial charge in [-0.05, 0) is 38.0 Å². The smallest absolute Gasteiger partial charge is 0.368 e.